The largest absolute Gasteiger partial charge is 0.495 e. The molecule has 1 heterocycles. The summed E-state index contributed by atoms with van der Waals surface area (Å²) in [5.41, 5.74) is 2.25. The van der Waals surface area contributed by atoms with E-state index >= 15 is 0 Å². The Bertz CT molecular complexity index is 823. The van der Waals surface area contributed by atoms with Gasteiger partial charge in [0.2, 0.25) is 0 Å². The van der Waals surface area contributed by atoms with Crippen molar-refractivity contribution in [1.29, 1.82) is 0 Å². The number of ether oxygens (including phenoxy) is 1. The fourth-order valence-electron chi connectivity index (χ4n) is 3.31. The maximum atomic E-state index is 12.3. The van der Waals surface area contributed by atoms with E-state index in [0.717, 1.165) is 30.9 Å². The molecule has 7 heteroatoms. The van der Waals surface area contributed by atoms with Gasteiger partial charge in [-0.1, -0.05) is 12.1 Å². The van der Waals surface area contributed by atoms with Gasteiger partial charge in [0.25, 0.3) is 5.91 Å². The summed E-state index contributed by atoms with van der Waals surface area (Å²) >= 11 is 0. The number of anilines is 2. The zero-order valence-corrected chi connectivity index (χ0v) is 16.2. The molecule has 2 aromatic rings. The quantitative estimate of drug-likeness (QED) is 0.717. The van der Waals surface area contributed by atoms with Crippen molar-refractivity contribution < 1.29 is 14.3 Å². The van der Waals surface area contributed by atoms with Crippen LogP contribution in [-0.4, -0.2) is 44.7 Å². The summed E-state index contributed by atoms with van der Waals surface area (Å²) in [5.74, 6) is 0.709. The van der Waals surface area contributed by atoms with Gasteiger partial charge >= 0.3 is 6.03 Å². The molecule has 0 aromatic heterocycles. The molecule has 3 N–H and O–H groups in total. The topological polar surface area (TPSA) is 82.7 Å². The van der Waals surface area contributed by atoms with E-state index in [1.165, 1.54) is 0 Å². The van der Waals surface area contributed by atoms with Crippen LogP contribution in [0.15, 0.2) is 48.5 Å². The lowest BCUT2D eigenvalue weighted by Gasteiger charge is -2.21. The maximum absolute atomic E-state index is 12.3. The second-order valence-corrected chi connectivity index (χ2v) is 6.64. The van der Waals surface area contributed by atoms with Crippen molar-refractivity contribution in [3.8, 4) is 5.75 Å². The molecule has 3 rings (SSSR count). The number of carbonyl (C=O) groups excluding carboxylic acids is 2. The van der Waals surface area contributed by atoms with Crippen LogP contribution in [0, 0.1) is 0 Å². The van der Waals surface area contributed by atoms with Crippen molar-refractivity contribution in [3.63, 3.8) is 0 Å². The second-order valence-electron chi connectivity index (χ2n) is 6.64. The summed E-state index contributed by atoms with van der Waals surface area (Å²) in [6, 6.07) is 14.5. The molecule has 1 unspecified atom stereocenters. The third-order valence-corrected chi connectivity index (χ3v) is 4.69. The smallest absolute Gasteiger partial charge is 0.319 e. The molecular weight excluding hydrogens is 356 g/mol. The van der Waals surface area contributed by atoms with Crippen LogP contribution in [-0.2, 0) is 0 Å². The van der Waals surface area contributed by atoms with E-state index in [1.807, 2.05) is 31.2 Å². The minimum atomic E-state index is -0.252. The third kappa shape index (κ3) is 4.73. The Hall–Kier alpha value is -3.22. The van der Waals surface area contributed by atoms with Crippen molar-refractivity contribution in [2.24, 2.45) is 0 Å². The standard InChI is InChI=1S/C21H26N4O3/c1-3-22-20(26)15-8-10-16(11-9-15)23-21(27)24-17-12-13-25(14-17)18-6-4-5-7-19(18)28-2/h4-11,17H,3,12-14H2,1-2H3,(H,22,26)(H2,23,24,27). The first-order chi connectivity index (χ1) is 13.6. The molecule has 0 spiro atoms. The van der Waals surface area contributed by atoms with Gasteiger partial charge in [0.05, 0.1) is 12.8 Å². The number of methoxy groups -OCH3 is 1. The molecule has 2 aromatic carbocycles. The summed E-state index contributed by atoms with van der Waals surface area (Å²) in [5, 5.41) is 8.57. The molecule has 3 amide bonds. The Labute approximate surface area is 165 Å². The van der Waals surface area contributed by atoms with Gasteiger partial charge in [-0.3, -0.25) is 4.79 Å². The van der Waals surface area contributed by atoms with Crippen LogP contribution in [0.2, 0.25) is 0 Å². The molecule has 1 fully saturated rings. The summed E-state index contributed by atoms with van der Waals surface area (Å²) in [6.07, 6.45) is 0.863. The Morgan fingerprint density at radius 3 is 2.61 bits per heavy atom. The van der Waals surface area contributed by atoms with Crippen LogP contribution in [0.25, 0.3) is 0 Å². The number of nitrogens with zero attached hydrogens (tertiary/aromatic N) is 1. The lowest BCUT2D eigenvalue weighted by atomic mass is 10.2. The Kier molecular flexibility index (Phi) is 6.37. The third-order valence-electron chi connectivity index (χ3n) is 4.69. The molecule has 0 radical (unpaired) electrons. The van der Waals surface area contributed by atoms with Crippen molar-refractivity contribution in [1.82, 2.24) is 10.6 Å². The zero-order valence-electron chi connectivity index (χ0n) is 16.2. The van der Waals surface area contributed by atoms with Gasteiger partial charge in [-0.25, -0.2) is 4.79 Å². The highest BCUT2D eigenvalue weighted by Gasteiger charge is 2.25. The van der Waals surface area contributed by atoms with E-state index in [1.54, 1.807) is 31.4 Å². The fourth-order valence-corrected chi connectivity index (χ4v) is 3.31. The van der Waals surface area contributed by atoms with Gasteiger partial charge in [0.15, 0.2) is 0 Å². The number of nitrogens with one attached hydrogen (secondary N) is 3. The molecule has 1 aliphatic heterocycles. The molecule has 148 valence electrons. The van der Waals surface area contributed by atoms with Gasteiger partial charge in [-0.2, -0.15) is 0 Å². The second kappa shape index (κ2) is 9.12. The average Bonchev–Trinajstić information content (AvgIpc) is 3.16. The highest BCUT2D eigenvalue weighted by atomic mass is 16.5. The number of carbonyl (C=O) groups is 2. The zero-order chi connectivity index (χ0) is 19.9. The predicted molar refractivity (Wildman–Crippen MR) is 110 cm³/mol. The molecule has 0 saturated carbocycles. The number of para-hydroxylation sites is 2. The van der Waals surface area contributed by atoms with Gasteiger partial charge in [0.1, 0.15) is 5.75 Å². The molecule has 7 nitrogen and oxygen atoms in total. The van der Waals surface area contributed by atoms with Gasteiger partial charge in [0, 0.05) is 36.9 Å². The first kappa shape index (κ1) is 19.5. The number of hydrogen-bond donors (Lipinski definition) is 3. The minimum absolute atomic E-state index is 0.0551. The molecular formula is C21H26N4O3. The van der Waals surface area contributed by atoms with Crippen molar-refractivity contribution in [2.75, 3.05) is 37.0 Å². The van der Waals surface area contributed by atoms with Crippen molar-refractivity contribution >= 4 is 23.3 Å². The summed E-state index contributed by atoms with van der Waals surface area (Å²) in [6.45, 7) is 4.03. The van der Waals surface area contributed by atoms with E-state index < -0.39 is 0 Å². The average molecular weight is 382 g/mol. The first-order valence-electron chi connectivity index (χ1n) is 9.44. The lowest BCUT2D eigenvalue weighted by Crippen LogP contribution is -2.39. The fraction of sp³-hybridized carbons (Fsp3) is 0.333. The monoisotopic (exact) mass is 382 g/mol. The molecule has 0 aliphatic carbocycles. The van der Waals surface area contributed by atoms with Gasteiger partial charge < -0.3 is 25.6 Å². The number of rotatable bonds is 6. The summed E-state index contributed by atoms with van der Waals surface area (Å²) < 4.78 is 5.42. The van der Waals surface area contributed by atoms with E-state index in [-0.39, 0.29) is 18.0 Å². The normalized spacial score (nSPS) is 15.8. The van der Waals surface area contributed by atoms with Crippen LogP contribution in [0.4, 0.5) is 16.2 Å². The number of amides is 3. The van der Waals surface area contributed by atoms with E-state index in [9.17, 15) is 9.59 Å². The Morgan fingerprint density at radius 1 is 1.14 bits per heavy atom. The van der Waals surface area contributed by atoms with Crippen molar-refractivity contribution in [2.45, 2.75) is 19.4 Å². The molecule has 0 bridgehead atoms. The maximum Gasteiger partial charge on any atom is 0.319 e. The number of hydrogen-bond acceptors (Lipinski definition) is 4. The van der Waals surface area contributed by atoms with E-state index in [4.69, 9.17) is 4.74 Å². The van der Waals surface area contributed by atoms with Crippen LogP contribution >= 0.6 is 0 Å². The van der Waals surface area contributed by atoms with Crippen LogP contribution in [0.3, 0.4) is 0 Å². The summed E-state index contributed by atoms with van der Waals surface area (Å²) in [7, 11) is 1.66. The van der Waals surface area contributed by atoms with Crippen molar-refractivity contribution in [3.05, 3.63) is 54.1 Å². The van der Waals surface area contributed by atoms with Crippen LogP contribution in [0.1, 0.15) is 23.7 Å². The SMILES string of the molecule is CCNC(=O)c1ccc(NC(=O)NC2CCN(c3ccccc3OC)C2)cc1. The Morgan fingerprint density at radius 2 is 1.89 bits per heavy atom. The Balaban J connectivity index is 1.52. The number of urea groups is 1. The number of benzene rings is 2. The van der Waals surface area contributed by atoms with Crippen LogP contribution in [0.5, 0.6) is 5.75 Å². The molecule has 28 heavy (non-hydrogen) atoms. The first-order valence-corrected chi connectivity index (χ1v) is 9.44. The lowest BCUT2D eigenvalue weighted by molar-refractivity contribution is 0.0956. The minimum Gasteiger partial charge on any atom is -0.495 e. The van der Waals surface area contributed by atoms with Crippen LogP contribution < -0.4 is 25.6 Å². The molecule has 1 aliphatic rings. The van der Waals surface area contributed by atoms with Gasteiger partial charge in [-0.05, 0) is 49.7 Å². The highest BCUT2D eigenvalue weighted by Crippen LogP contribution is 2.30. The van der Waals surface area contributed by atoms with E-state index in [0.29, 0.717) is 17.8 Å². The highest BCUT2D eigenvalue weighted by molar-refractivity contribution is 5.95. The van der Waals surface area contributed by atoms with Gasteiger partial charge in [-0.15, -0.1) is 0 Å². The predicted octanol–water partition coefficient (Wildman–Crippen LogP) is 2.85. The molecule has 1 atom stereocenters. The van der Waals surface area contributed by atoms with E-state index in [2.05, 4.69) is 20.9 Å². The molecule has 1 saturated heterocycles. The summed E-state index contributed by atoms with van der Waals surface area (Å²) in [4.78, 5) is 26.3.